The Morgan fingerprint density at radius 1 is 1.14 bits per heavy atom. The number of hydrogen-bond donors (Lipinski definition) is 0. The Kier molecular flexibility index (Phi) is 6.90. The number of halogens is 5. The molecule has 42 heavy (non-hydrogen) atoms. The fourth-order valence-electron chi connectivity index (χ4n) is 6.73. The molecule has 2 aliphatic heterocycles. The molecule has 0 bridgehead atoms. The van der Waals surface area contributed by atoms with Gasteiger partial charge in [-0.1, -0.05) is 13.0 Å². The van der Waals surface area contributed by atoms with E-state index in [1.807, 2.05) is 13.8 Å². The average Bonchev–Trinajstić information content (AvgIpc) is 3.08. The van der Waals surface area contributed by atoms with Crippen molar-refractivity contribution in [3.8, 4) is 11.1 Å². The maximum absolute atomic E-state index is 15.2. The van der Waals surface area contributed by atoms with Crippen LogP contribution in [0.25, 0.3) is 22.0 Å². The minimum absolute atomic E-state index is 0.0960. The molecule has 3 heterocycles. The lowest BCUT2D eigenvalue weighted by Gasteiger charge is -2.45. The minimum atomic E-state index is -4.89. The van der Waals surface area contributed by atoms with E-state index < -0.39 is 34.6 Å². The molecule has 1 saturated carbocycles. The first-order chi connectivity index (χ1) is 19.8. The van der Waals surface area contributed by atoms with E-state index in [1.54, 1.807) is 9.80 Å². The van der Waals surface area contributed by atoms with Crippen LogP contribution in [0, 0.1) is 17.0 Å². The lowest BCUT2D eigenvalue weighted by atomic mass is 9.70. The van der Waals surface area contributed by atoms with Gasteiger partial charge in [0.2, 0.25) is 5.91 Å². The van der Waals surface area contributed by atoms with Gasteiger partial charge in [0.15, 0.2) is 0 Å². The molecule has 1 aromatic heterocycles. The molecular formula is C30H29F5N4O2S. The molecule has 6 nitrogen and oxygen atoms in total. The molecule has 6 rings (SSSR count). The number of aromatic nitrogens is 2. The predicted molar refractivity (Wildman–Crippen MR) is 152 cm³/mol. The maximum Gasteiger partial charge on any atom is 0.417 e. The third-order valence-corrected chi connectivity index (χ3v) is 10.2. The standard InChI is InChI=1S/C30H29F5N4O2S/c1-4-23(40)39-16(2)12-37(13-17(39)3)27-20-11-21(30(33,34)35)24(19-7-6-18(31)10-22(19)32)26-25(20)38(28(41)36-27)14-29(15-42-26)8-5-9-29/h4,6-7,10-11,16-17H,1,5,8-9,12-15H2,2-3H3/t16-,17+. The highest BCUT2D eigenvalue weighted by Crippen LogP contribution is 2.54. The van der Waals surface area contributed by atoms with Crippen LogP contribution in [-0.2, 0) is 17.5 Å². The molecule has 0 N–H and O–H groups in total. The molecule has 0 radical (unpaired) electrons. The summed E-state index contributed by atoms with van der Waals surface area (Å²) in [6.45, 7) is 7.96. The highest BCUT2D eigenvalue weighted by Gasteiger charge is 2.44. The molecule has 2 fully saturated rings. The van der Waals surface area contributed by atoms with Gasteiger partial charge in [-0.15, -0.1) is 11.8 Å². The van der Waals surface area contributed by atoms with Gasteiger partial charge in [0.05, 0.1) is 11.1 Å². The monoisotopic (exact) mass is 604 g/mol. The van der Waals surface area contributed by atoms with Crippen molar-refractivity contribution < 1.29 is 26.7 Å². The summed E-state index contributed by atoms with van der Waals surface area (Å²) < 4.78 is 75.0. The fraction of sp³-hybridized carbons (Fsp3) is 0.433. The van der Waals surface area contributed by atoms with Crippen molar-refractivity contribution in [2.75, 3.05) is 23.7 Å². The fourth-order valence-corrected chi connectivity index (χ4v) is 8.28. The lowest BCUT2D eigenvalue weighted by Crippen LogP contribution is -2.58. The topological polar surface area (TPSA) is 58.4 Å². The average molecular weight is 605 g/mol. The number of carbonyl (C=O) groups is 1. The lowest BCUT2D eigenvalue weighted by molar-refractivity contribution is -0.137. The molecule has 3 aromatic rings. The first-order valence-corrected chi connectivity index (χ1v) is 14.8. The summed E-state index contributed by atoms with van der Waals surface area (Å²) in [7, 11) is 0. The van der Waals surface area contributed by atoms with Gasteiger partial charge in [-0.3, -0.25) is 9.36 Å². The quantitative estimate of drug-likeness (QED) is 0.262. The smallest absolute Gasteiger partial charge is 0.352 e. The second-order valence-electron chi connectivity index (χ2n) is 11.6. The normalized spacial score (nSPS) is 21.8. The number of hydrogen-bond acceptors (Lipinski definition) is 5. The number of alkyl halides is 3. The van der Waals surface area contributed by atoms with Crippen LogP contribution in [0.1, 0.15) is 38.7 Å². The molecular weight excluding hydrogens is 575 g/mol. The van der Waals surface area contributed by atoms with Gasteiger partial charge in [-0.2, -0.15) is 18.2 Å². The van der Waals surface area contributed by atoms with Crippen LogP contribution >= 0.6 is 11.8 Å². The third kappa shape index (κ3) is 4.58. The summed E-state index contributed by atoms with van der Waals surface area (Å²) in [5.74, 6) is -1.74. The Morgan fingerprint density at radius 2 is 1.83 bits per heavy atom. The zero-order valence-corrected chi connectivity index (χ0v) is 23.9. The third-order valence-electron chi connectivity index (χ3n) is 8.78. The molecule has 2 aromatic carbocycles. The van der Waals surface area contributed by atoms with E-state index in [0.29, 0.717) is 18.4 Å². The van der Waals surface area contributed by atoms with Crippen molar-refractivity contribution >= 4 is 34.4 Å². The number of anilines is 1. The van der Waals surface area contributed by atoms with Crippen LogP contribution < -0.4 is 10.6 Å². The number of rotatable bonds is 3. The summed E-state index contributed by atoms with van der Waals surface area (Å²) in [5.41, 5.74) is -2.47. The second-order valence-corrected chi connectivity index (χ2v) is 12.6. The Hall–Kier alpha value is -3.41. The van der Waals surface area contributed by atoms with Crippen molar-refractivity contribution in [3.05, 3.63) is 64.6 Å². The molecule has 1 aliphatic carbocycles. The molecule has 12 heteroatoms. The highest BCUT2D eigenvalue weighted by molar-refractivity contribution is 7.99. The number of amides is 1. The number of nitrogens with zero attached hydrogens (tertiary/aromatic N) is 4. The first-order valence-electron chi connectivity index (χ1n) is 13.8. The molecule has 1 spiro atoms. The van der Waals surface area contributed by atoms with E-state index in [2.05, 4.69) is 11.6 Å². The Balaban J connectivity index is 1.65. The zero-order valence-electron chi connectivity index (χ0n) is 23.1. The van der Waals surface area contributed by atoms with E-state index in [4.69, 9.17) is 0 Å². The number of benzene rings is 2. The van der Waals surface area contributed by atoms with Crippen LogP contribution in [0.3, 0.4) is 0 Å². The Bertz CT molecular complexity index is 1670. The van der Waals surface area contributed by atoms with E-state index in [0.717, 1.165) is 37.5 Å². The Morgan fingerprint density at radius 3 is 2.40 bits per heavy atom. The van der Waals surface area contributed by atoms with E-state index in [-0.39, 0.29) is 63.7 Å². The molecule has 1 amide bonds. The summed E-state index contributed by atoms with van der Waals surface area (Å²) in [4.78, 5) is 34.1. The van der Waals surface area contributed by atoms with Gasteiger partial charge < -0.3 is 9.80 Å². The van der Waals surface area contributed by atoms with Gasteiger partial charge in [-0.25, -0.2) is 13.6 Å². The highest BCUT2D eigenvalue weighted by atomic mass is 32.2. The summed E-state index contributed by atoms with van der Waals surface area (Å²) >= 11 is 1.19. The maximum atomic E-state index is 15.2. The van der Waals surface area contributed by atoms with Crippen LogP contribution in [0.15, 0.2) is 46.6 Å². The largest absolute Gasteiger partial charge is 0.417 e. The SMILES string of the molecule is C=CC(=O)N1[C@H](C)CN(c2nc(=O)n3c4c(c(-c5ccc(F)cc5F)c(C(F)(F)F)cc24)SCC2(CCC2)C3)C[C@@H]1C. The van der Waals surface area contributed by atoms with E-state index in [1.165, 1.54) is 22.4 Å². The van der Waals surface area contributed by atoms with Crippen molar-refractivity contribution in [1.82, 2.24) is 14.5 Å². The zero-order chi connectivity index (χ0) is 30.1. The minimum Gasteiger partial charge on any atom is -0.352 e. The van der Waals surface area contributed by atoms with Gasteiger partial charge >= 0.3 is 11.9 Å². The van der Waals surface area contributed by atoms with Gasteiger partial charge in [0.1, 0.15) is 17.5 Å². The molecule has 2 atom stereocenters. The number of thioether (sulfide) groups is 1. The Labute approximate surface area is 243 Å². The van der Waals surface area contributed by atoms with Gasteiger partial charge in [0, 0.05) is 64.9 Å². The molecule has 1 saturated heterocycles. The van der Waals surface area contributed by atoms with E-state index in [9.17, 15) is 27.2 Å². The number of carbonyl (C=O) groups excluding carboxylic acids is 1. The summed E-state index contributed by atoms with van der Waals surface area (Å²) in [5, 5.41) is 0.134. The van der Waals surface area contributed by atoms with Crippen molar-refractivity contribution in [3.63, 3.8) is 0 Å². The van der Waals surface area contributed by atoms with Crippen LogP contribution in [0.2, 0.25) is 0 Å². The number of piperazine rings is 1. The first kappa shape index (κ1) is 28.7. The molecule has 0 unspecified atom stereocenters. The molecule has 3 aliphatic rings. The van der Waals surface area contributed by atoms with Crippen molar-refractivity contribution in [1.29, 1.82) is 0 Å². The van der Waals surface area contributed by atoms with Gasteiger partial charge in [-0.05, 0) is 56.4 Å². The molecule has 222 valence electrons. The second kappa shape index (κ2) is 10.1. The van der Waals surface area contributed by atoms with E-state index >= 15 is 4.39 Å². The van der Waals surface area contributed by atoms with Crippen LogP contribution in [0.4, 0.5) is 27.8 Å². The van der Waals surface area contributed by atoms with Gasteiger partial charge in [0.25, 0.3) is 0 Å². The summed E-state index contributed by atoms with van der Waals surface area (Å²) in [6, 6.07) is 2.80. The van der Waals surface area contributed by atoms with Crippen LogP contribution in [-0.4, -0.2) is 51.3 Å². The van der Waals surface area contributed by atoms with Crippen molar-refractivity contribution in [2.24, 2.45) is 5.41 Å². The van der Waals surface area contributed by atoms with Crippen LogP contribution in [0.5, 0.6) is 0 Å². The predicted octanol–water partition coefficient (Wildman–Crippen LogP) is 6.25. The summed E-state index contributed by atoms with van der Waals surface area (Å²) in [6.07, 6.45) is -1.11. The van der Waals surface area contributed by atoms with Crippen molar-refractivity contribution in [2.45, 2.75) is 62.8 Å².